The van der Waals surface area contributed by atoms with Gasteiger partial charge in [0.05, 0.1) is 68.8 Å². The van der Waals surface area contributed by atoms with Crippen LogP contribution in [0.15, 0.2) is 11.6 Å². The molecule has 12 aliphatic rings. The Morgan fingerprint density at radius 2 is 1.02 bits per heavy atom. The molecular formula is C76H118O41. The van der Waals surface area contributed by atoms with Gasteiger partial charge < -0.3 is 178 Å². The number of aliphatic hydroxyl groups is 18. The summed E-state index contributed by atoms with van der Waals surface area (Å²) in [6.45, 7) is 10.1. The Labute approximate surface area is 672 Å². The molecule has 11 fully saturated rings. The van der Waals surface area contributed by atoms with E-state index in [1.165, 1.54) is 20.8 Å². The molecule has 0 amide bonds. The standard InChI is InChI=1S/C76H118O41/c1-28-53(112-61-49(92)45(88)39(24-101-61)111-62-50(93)46(89)42(85)36(21-77)108-62)55(113-67-59(96)76(100,27-103-67)26-102-30(3)81)52(95)64(104-28)115-58-57(107-32(5)83)54(106-31(4)82)29(2)105-66(58)117-69(99)74-16-15-70(6,7)19-34(74)33-11-12-40-71(8)20-35(84)60(73(10,68(97)98)41(71)13-14-72(40,9)75(33,25-80)18-17-74)116-65-56(48(91)44(87)38(23-79)110-65)114-63-51(94)47(90)43(86)37(22-78)109-63/h11,28-29,34-67,77-80,84-96,100H,12-27H2,1-10H3,(H,97,98)/t28-,29+,34-,35-,36+,37+,38+,39+,40+,41+,42-,43+,44+,45-,46-,47-,48-,49+,50+,51+,52+,53-,54-,55-,56+,57-,58+,59-,60-,61-,62-,63-,64-,65-,66-,67-,71+,72+,73-,74-,75-,76+/m0/s1. The summed E-state index contributed by atoms with van der Waals surface area (Å²) in [6.07, 6.45) is -56.6. The fourth-order valence-corrected chi connectivity index (χ4v) is 21.3. The first kappa shape index (κ1) is 92.0. The van der Waals surface area contributed by atoms with Gasteiger partial charge in [0.2, 0.25) is 6.29 Å². The Bertz CT molecular complexity index is 3520. The van der Waals surface area contributed by atoms with Crippen LogP contribution in [0.1, 0.15) is 127 Å². The molecular weight excluding hydrogens is 1570 g/mol. The molecule has 0 radical (unpaired) electrons. The van der Waals surface area contributed by atoms with Crippen LogP contribution in [0.5, 0.6) is 0 Å². The van der Waals surface area contributed by atoms with Crippen molar-refractivity contribution in [1.82, 2.24) is 0 Å². The van der Waals surface area contributed by atoms with Gasteiger partial charge in [-0.3, -0.25) is 24.0 Å². The zero-order chi connectivity index (χ0) is 85.8. The molecule has 41 nitrogen and oxygen atoms in total. The lowest BCUT2D eigenvalue weighted by molar-refractivity contribution is -0.388. The molecule has 0 aromatic rings. The van der Waals surface area contributed by atoms with Crippen molar-refractivity contribution in [3.05, 3.63) is 11.6 Å². The van der Waals surface area contributed by atoms with Crippen molar-refractivity contribution in [3.8, 4) is 0 Å². The van der Waals surface area contributed by atoms with Crippen molar-refractivity contribution < 1.29 is 202 Å². The van der Waals surface area contributed by atoms with Crippen LogP contribution in [-0.2, 0) is 104 Å². The molecule has 668 valence electrons. The van der Waals surface area contributed by atoms with E-state index in [2.05, 4.69) is 0 Å². The predicted octanol–water partition coefficient (Wildman–Crippen LogP) is -6.51. The molecule has 7 heterocycles. The van der Waals surface area contributed by atoms with Crippen molar-refractivity contribution in [1.29, 1.82) is 0 Å². The quantitative estimate of drug-likeness (QED) is 0.0196. The van der Waals surface area contributed by atoms with E-state index in [4.69, 9.17) is 80.5 Å². The number of rotatable bonds is 23. The van der Waals surface area contributed by atoms with Crippen LogP contribution in [0.2, 0.25) is 0 Å². The molecule has 12 rings (SSSR count). The third kappa shape index (κ3) is 16.5. The van der Waals surface area contributed by atoms with Crippen LogP contribution >= 0.6 is 0 Å². The lowest BCUT2D eigenvalue weighted by Crippen LogP contribution is -2.71. The lowest BCUT2D eigenvalue weighted by Gasteiger charge is -2.71. The maximum absolute atomic E-state index is 16.3. The van der Waals surface area contributed by atoms with Gasteiger partial charge in [-0.15, -0.1) is 0 Å². The van der Waals surface area contributed by atoms with Crippen LogP contribution < -0.4 is 0 Å². The van der Waals surface area contributed by atoms with Gasteiger partial charge in [-0.1, -0.05) is 39.3 Å². The van der Waals surface area contributed by atoms with E-state index in [9.17, 15) is 116 Å². The molecule has 42 atom stereocenters. The number of aliphatic hydroxyl groups excluding tert-OH is 17. The Hall–Kier alpha value is -4.15. The van der Waals surface area contributed by atoms with Crippen LogP contribution in [0, 0.1) is 50.2 Å². The minimum atomic E-state index is -2.33. The summed E-state index contributed by atoms with van der Waals surface area (Å²) in [6, 6.07) is 0. The molecule has 0 unspecified atom stereocenters. The molecule has 0 aromatic carbocycles. The second-order valence-electron chi connectivity index (χ2n) is 35.5. The summed E-state index contributed by atoms with van der Waals surface area (Å²) in [5.41, 5.74) is -8.76. The van der Waals surface area contributed by atoms with E-state index in [0.29, 0.717) is 12.8 Å². The fraction of sp³-hybridized carbons (Fsp3) is 0.908. The highest BCUT2D eigenvalue weighted by atomic mass is 16.8. The summed E-state index contributed by atoms with van der Waals surface area (Å²) < 4.78 is 102. The first-order valence-electron chi connectivity index (χ1n) is 39.9. The Morgan fingerprint density at radius 1 is 0.487 bits per heavy atom. The number of ether oxygens (including phenoxy) is 17. The highest BCUT2D eigenvalue weighted by molar-refractivity contribution is 5.79. The second kappa shape index (κ2) is 35.1. The van der Waals surface area contributed by atoms with E-state index in [-0.39, 0.29) is 44.9 Å². The Balaban J connectivity index is 0.833. The summed E-state index contributed by atoms with van der Waals surface area (Å²) in [7, 11) is 0. The zero-order valence-corrected chi connectivity index (χ0v) is 66.7. The minimum absolute atomic E-state index is 0.0501. The van der Waals surface area contributed by atoms with Crippen molar-refractivity contribution in [2.75, 3.05) is 46.2 Å². The van der Waals surface area contributed by atoms with E-state index in [1.54, 1.807) is 0 Å². The SMILES string of the molecule is CC(=O)OC[C@@]1(O)CO[C@@H](O[C@H]2[C@@H](O)[C@H](O[C@H]3[C@H](OC(=O)[C@]45CCC(C)(C)C[C@H]4C4=CC[C@@H]6[C@@]7(C)C[C@H](O)[C@H](O[C@@H]8O[C@H](CO)[C@@H](O)[C@H](O)[C@H]8O[C@@H]8O[C@H](CO)[C@@H](O)[C@H](O)[C@H]8O)[C@@](C)(C(=O)O)[C@@H]7CC[C@@]6(C)[C@]4(CO)CC5)O[C@H](C)[C@H](OC(C)=O)[C@@H]3OC(C)=O)O[C@@H](C)[C@@H]2O[C@@H]2OC[C@@H](O[C@@H]3O[C@H](CO)[C@H](O)[C@H](O)[C@H]3O)[C@H](O)[C@H]2O)[C@@H]1O. The van der Waals surface area contributed by atoms with Crippen LogP contribution in [0.3, 0.4) is 0 Å². The van der Waals surface area contributed by atoms with Crippen molar-refractivity contribution >= 4 is 29.8 Å². The fourth-order valence-electron chi connectivity index (χ4n) is 21.3. The van der Waals surface area contributed by atoms with Gasteiger partial charge in [0.1, 0.15) is 129 Å². The first-order chi connectivity index (χ1) is 54.9. The normalized spacial score (nSPS) is 51.0. The molecule has 117 heavy (non-hydrogen) atoms. The molecule has 19 N–H and O–H groups in total. The highest BCUT2D eigenvalue weighted by Gasteiger charge is 2.75. The largest absolute Gasteiger partial charge is 0.481 e. The summed E-state index contributed by atoms with van der Waals surface area (Å²) >= 11 is 0. The first-order valence-corrected chi connectivity index (χ1v) is 39.9. The van der Waals surface area contributed by atoms with Crippen LogP contribution in [0.4, 0.5) is 0 Å². The summed E-state index contributed by atoms with van der Waals surface area (Å²) in [5.74, 6) is -7.06. The summed E-state index contributed by atoms with van der Waals surface area (Å²) in [5, 5.41) is 212. The number of hydrogen-bond donors (Lipinski definition) is 19. The zero-order valence-electron chi connectivity index (χ0n) is 66.7. The van der Waals surface area contributed by atoms with Gasteiger partial charge in [-0.2, -0.15) is 0 Å². The van der Waals surface area contributed by atoms with Gasteiger partial charge >= 0.3 is 29.8 Å². The van der Waals surface area contributed by atoms with Gasteiger partial charge in [0.25, 0.3) is 0 Å². The van der Waals surface area contributed by atoms with E-state index in [1.807, 2.05) is 33.8 Å². The Kier molecular flexibility index (Phi) is 27.6. The minimum Gasteiger partial charge on any atom is -0.481 e. The number of esters is 4. The number of allylic oxidation sites excluding steroid dienone is 1. The molecule has 0 bridgehead atoms. The molecule has 7 saturated heterocycles. The molecule has 41 heteroatoms. The average molecular weight is 1690 g/mol. The number of aliphatic carboxylic acids is 1. The van der Waals surface area contributed by atoms with Crippen LogP contribution in [0.25, 0.3) is 0 Å². The molecule has 0 spiro atoms. The molecule has 0 aromatic heterocycles. The molecule has 5 aliphatic carbocycles. The molecule has 4 saturated carbocycles. The third-order valence-corrected chi connectivity index (χ3v) is 27.9. The number of carboxylic acids is 1. The second-order valence-corrected chi connectivity index (χ2v) is 35.5. The number of carbonyl (C=O) groups excluding carboxylic acids is 4. The third-order valence-electron chi connectivity index (χ3n) is 27.9. The number of hydrogen-bond acceptors (Lipinski definition) is 40. The Morgan fingerprint density at radius 3 is 1.61 bits per heavy atom. The monoisotopic (exact) mass is 1690 g/mol. The van der Waals surface area contributed by atoms with Crippen molar-refractivity contribution in [2.45, 2.75) is 335 Å². The van der Waals surface area contributed by atoms with Crippen molar-refractivity contribution in [2.24, 2.45) is 50.2 Å². The van der Waals surface area contributed by atoms with Gasteiger partial charge in [0.15, 0.2) is 61.7 Å². The number of carbonyl (C=O) groups is 5. The van der Waals surface area contributed by atoms with E-state index >= 15 is 4.79 Å². The average Bonchev–Trinajstić information content (AvgIpc) is 0.712. The van der Waals surface area contributed by atoms with Gasteiger partial charge in [0, 0.05) is 26.2 Å². The predicted molar refractivity (Wildman–Crippen MR) is 379 cm³/mol. The smallest absolute Gasteiger partial charge is 0.315 e. The molecule has 7 aliphatic heterocycles. The lowest BCUT2D eigenvalue weighted by atomic mass is 9.33. The van der Waals surface area contributed by atoms with Gasteiger partial charge in [-0.25, -0.2) is 0 Å². The van der Waals surface area contributed by atoms with Crippen LogP contribution in [-0.4, -0.2) is 381 Å². The van der Waals surface area contributed by atoms with E-state index in [0.717, 1.165) is 26.3 Å². The number of fused-ring (bicyclic) bond motifs is 7. The topological polar surface area (TPSA) is 627 Å². The maximum atomic E-state index is 16.3. The van der Waals surface area contributed by atoms with Gasteiger partial charge in [-0.05, 0) is 113 Å². The number of carboxylic acid groups (broad SMARTS) is 1. The van der Waals surface area contributed by atoms with E-state index < -0.39 is 335 Å². The highest BCUT2D eigenvalue weighted by Crippen LogP contribution is 2.76. The summed E-state index contributed by atoms with van der Waals surface area (Å²) in [4.78, 5) is 69.0. The maximum Gasteiger partial charge on any atom is 0.315 e. The van der Waals surface area contributed by atoms with Crippen molar-refractivity contribution in [3.63, 3.8) is 0 Å².